The van der Waals surface area contributed by atoms with E-state index in [-0.39, 0.29) is 137 Å². The number of phenols is 1. The van der Waals surface area contributed by atoms with Gasteiger partial charge < -0.3 is 151 Å². The Bertz CT molecular complexity index is 4100. The number of thiol groups is 6. The number of hydrogen-bond acceptors (Lipinski definition) is 30. The van der Waals surface area contributed by atoms with Gasteiger partial charge in [0, 0.05) is 67.1 Å². The summed E-state index contributed by atoms with van der Waals surface area (Å²) in [5.41, 5.74) is 27.5. The Balaban J connectivity index is 3.40. The lowest BCUT2D eigenvalue weighted by Gasteiger charge is -2.29. The number of nitrogens with two attached hydrogens (primary N) is 5. The van der Waals surface area contributed by atoms with Gasteiger partial charge in [-0.05, 0) is 86.8 Å². The van der Waals surface area contributed by atoms with E-state index >= 15 is 0 Å². The van der Waals surface area contributed by atoms with Crippen molar-refractivity contribution in [2.75, 3.05) is 86.9 Å². The molecule has 0 heterocycles. The van der Waals surface area contributed by atoms with Crippen molar-refractivity contribution >= 4 is 206 Å². The minimum Gasteiger partial charge on any atom is -0.508 e. The molecule has 1 aromatic carbocycles. The fourth-order valence-corrected chi connectivity index (χ4v) is 13.6. The minimum atomic E-state index is -1.58. The molecule has 133 heavy (non-hydrogen) atoms. The topological polar surface area (TPSA) is 826 Å². The summed E-state index contributed by atoms with van der Waals surface area (Å²) in [7, 11) is 0. The van der Waals surface area contributed by atoms with Gasteiger partial charge in [0.2, 0.25) is 100 Å². The number of hydrogen-bond donors (Lipinski definition) is 38. The predicted molar refractivity (Wildman–Crippen MR) is 513 cm³/mol. The molecule has 0 aromatic heterocycles. The van der Waals surface area contributed by atoms with E-state index in [9.17, 15) is 96.5 Å². The molecule has 0 aliphatic rings. The van der Waals surface area contributed by atoms with Gasteiger partial charge in [-0.2, -0.15) is 75.8 Å². The Hall–Kier alpha value is -11.4. The Labute approximate surface area is 803 Å². The predicted octanol–water partition coefficient (Wildman–Crippen LogP) is -10.1. The molecule has 37 N–H and O–H groups in total. The average Bonchev–Trinajstić information content (AvgIpc) is 1.08. The lowest BCUT2D eigenvalue weighted by atomic mass is 9.97. The molecule has 0 aliphatic heterocycles. The number of carbonyl (C=O) groups excluding carboxylic acids is 17. The lowest BCUT2D eigenvalue weighted by Crippen LogP contribution is -2.61. The summed E-state index contributed by atoms with van der Waals surface area (Å²) in [5, 5.41) is 102. The molecule has 0 saturated carbocycles. The fraction of sp³-hybridized carbons (Fsp3) is 0.636. The van der Waals surface area contributed by atoms with Crippen LogP contribution < -0.4 is 140 Å². The first-order valence-corrected chi connectivity index (χ1v) is 46.3. The third-order valence-corrected chi connectivity index (χ3v) is 22.5. The van der Waals surface area contributed by atoms with Crippen LogP contribution in [-0.4, -0.2) is 312 Å². The second-order valence-corrected chi connectivity index (χ2v) is 32.8. The summed E-state index contributed by atoms with van der Waals surface area (Å²) in [4.78, 5) is 246. The maximum atomic E-state index is 14.3. The number of carboxylic acids is 1. The average molecular weight is 1990 g/mol. The zero-order valence-electron chi connectivity index (χ0n) is 74.8. The van der Waals surface area contributed by atoms with Crippen LogP contribution in [0.4, 0.5) is 0 Å². The maximum Gasteiger partial charge on any atom is 0.326 e. The molecule has 748 valence electrons. The molecule has 0 bridgehead atoms. The van der Waals surface area contributed by atoms with Gasteiger partial charge in [0.05, 0.1) is 26.2 Å². The molecule has 0 radical (unpaired) electrons. The van der Waals surface area contributed by atoms with E-state index in [1.807, 2.05) is 0 Å². The van der Waals surface area contributed by atoms with Crippen molar-refractivity contribution in [1.82, 2.24) is 112 Å². The Morgan fingerprint density at radius 3 is 0.842 bits per heavy atom. The Morgan fingerprint density at radius 1 is 0.308 bits per heavy atom. The van der Waals surface area contributed by atoms with Crippen LogP contribution in [-0.2, 0) is 92.7 Å². The van der Waals surface area contributed by atoms with Crippen molar-refractivity contribution in [2.45, 2.75) is 203 Å². The van der Waals surface area contributed by atoms with Gasteiger partial charge in [0.1, 0.15) is 90.3 Å². The lowest BCUT2D eigenvalue weighted by molar-refractivity contribution is -0.142. The first kappa shape index (κ1) is 120. The summed E-state index contributed by atoms with van der Waals surface area (Å²) in [6.07, 6.45) is 0.516. The van der Waals surface area contributed by atoms with E-state index in [1.165, 1.54) is 24.3 Å². The molecule has 1 aromatic rings. The molecular formula is C77H134N30O20S6. The standard InChI is InChI=1S/C77H134N30O20S6/c1-7-37(4)57(105-53(109)27-78)70(123)103-50(34-131)66(119)97-44(16-12-24-89-76(83)84)64(117)101-52(36-133)69(122)107-59(39(6)9-3)72(125)102-48(32-129)62(115)92-28-54(110)94-42(14-10-22-87-74(79)80)60(113)91-30-56(112)106-58(38(5)8-2)71(124)104-51(35-132)67(120)96-43(15-11-23-88-75(81)82)63(116)100-49(33-130)68(121)98-46(26-40-18-20-41(108)21-19-40)65(118)99-47(31-128)61(114)93-29-55(111)95-45(73(126)127)17-13-25-90-77(85)86/h18-21,37-39,42-52,57-59,108,128-133H,7-17,22-36,78H2,1-6H3,(H,91,113)(H,92,115)(H,93,114)(H,94,110)(H,95,111)(H,96,120)(H,97,119)(H,98,121)(H,99,118)(H,100,116)(H,101,117)(H,102,125)(H,103,123)(H,104,124)(H,105,109)(H,106,112)(H,107,122)(H,126,127)(H4,79,80,87)(H4,81,82,88)(H4,83,84,89)(H4,85,86,90)/t37-,38-,39-,42-,43-,44-,45-,46-,47-,48-,49-,50-,51-,52-,57-,58-,59-/m0/s1. The van der Waals surface area contributed by atoms with E-state index in [1.54, 1.807) is 41.5 Å². The van der Waals surface area contributed by atoms with Gasteiger partial charge >= 0.3 is 5.97 Å². The van der Waals surface area contributed by atoms with Crippen molar-refractivity contribution in [1.29, 1.82) is 21.6 Å². The summed E-state index contributed by atoms with van der Waals surface area (Å²) in [6, 6.07) is -14.7. The van der Waals surface area contributed by atoms with Gasteiger partial charge in [-0.1, -0.05) is 72.9 Å². The third kappa shape index (κ3) is 47.2. The van der Waals surface area contributed by atoms with Crippen LogP contribution in [0.15, 0.2) is 24.3 Å². The highest BCUT2D eigenvalue weighted by atomic mass is 32.1. The first-order valence-electron chi connectivity index (χ1n) is 42.5. The summed E-state index contributed by atoms with van der Waals surface area (Å²) < 4.78 is 0. The van der Waals surface area contributed by atoms with E-state index in [2.05, 4.69) is 187 Å². The van der Waals surface area contributed by atoms with Gasteiger partial charge in [0.25, 0.3) is 0 Å². The fourth-order valence-electron chi connectivity index (χ4n) is 12.0. The monoisotopic (exact) mass is 1990 g/mol. The molecular weight excluding hydrogens is 1860 g/mol. The number of guanidine groups is 4. The molecule has 17 atom stereocenters. The molecule has 0 unspecified atom stereocenters. The highest BCUT2D eigenvalue weighted by Crippen LogP contribution is 2.16. The number of aliphatic carboxylic acids is 1. The van der Waals surface area contributed by atoms with E-state index < -0.39 is 258 Å². The number of carboxylic acid groups (broad SMARTS) is 1. The number of phenolic OH excluding ortho intramolecular Hbond substituents is 1. The molecule has 50 nitrogen and oxygen atoms in total. The highest BCUT2D eigenvalue weighted by molar-refractivity contribution is 7.81. The highest BCUT2D eigenvalue weighted by Gasteiger charge is 2.39. The number of nitrogens with one attached hydrogen (secondary N) is 25. The summed E-state index contributed by atoms with van der Waals surface area (Å²) >= 11 is 25.5. The van der Waals surface area contributed by atoms with Gasteiger partial charge in [-0.3, -0.25) is 103 Å². The molecule has 0 spiro atoms. The van der Waals surface area contributed by atoms with E-state index in [0.29, 0.717) is 12.0 Å². The normalized spacial score (nSPS) is 14.7. The second-order valence-electron chi connectivity index (χ2n) is 30.6. The van der Waals surface area contributed by atoms with Crippen molar-refractivity contribution in [3.05, 3.63) is 29.8 Å². The minimum absolute atomic E-state index is 0.0113. The number of aromatic hydroxyl groups is 1. The van der Waals surface area contributed by atoms with Crippen molar-refractivity contribution in [3.63, 3.8) is 0 Å². The van der Waals surface area contributed by atoms with Gasteiger partial charge in [0.15, 0.2) is 23.8 Å². The van der Waals surface area contributed by atoms with Crippen LogP contribution in [0.2, 0.25) is 0 Å². The van der Waals surface area contributed by atoms with Crippen LogP contribution in [0.25, 0.3) is 0 Å². The van der Waals surface area contributed by atoms with E-state index in [0.717, 1.165) is 0 Å². The second kappa shape index (κ2) is 65.3. The molecule has 0 aliphatic carbocycles. The molecule has 17 amide bonds. The van der Waals surface area contributed by atoms with Crippen LogP contribution in [0, 0.1) is 39.4 Å². The Kier molecular flexibility index (Phi) is 58.7. The summed E-state index contributed by atoms with van der Waals surface area (Å²) in [5.74, 6) is -22.7. The molecule has 0 saturated heterocycles. The zero-order valence-corrected chi connectivity index (χ0v) is 80.2. The first-order chi connectivity index (χ1) is 62.8. The number of benzene rings is 1. The maximum absolute atomic E-state index is 14.3. The van der Waals surface area contributed by atoms with E-state index in [4.69, 9.17) is 50.3 Å². The smallest absolute Gasteiger partial charge is 0.326 e. The largest absolute Gasteiger partial charge is 0.508 e. The van der Waals surface area contributed by atoms with Crippen molar-refractivity contribution < 1.29 is 96.5 Å². The molecule has 0 fully saturated rings. The Morgan fingerprint density at radius 2 is 0.541 bits per heavy atom. The zero-order chi connectivity index (χ0) is 101. The number of rotatable bonds is 65. The third-order valence-electron chi connectivity index (χ3n) is 20.3. The SMILES string of the molecule is CC[C@H](C)[C@H](NC(=O)CNC(=O)[C@H](CCCNC(=N)N)NC(=O)CNC(=O)[C@H](CS)NC(=O)[C@@H](NC(=O)[C@H](CS)NC(=O)[C@H](CCCNC(=N)N)NC(=O)[C@H](CS)NC(=O)[C@@H](NC(=O)CN)[C@@H](C)CC)[C@@H](C)CC)C(=O)N[C@@H](CS)C(=O)N[C@@H](CCCNC(=N)N)C(=O)N[C@@H](CS)C(=O)N[C@@H](Cc1ccc(O)cc1)C(=O)N[C@@H](CS)C(=O)NCC(=O)N[C@@H](CCCNC(=N)N)C(=O)O. The van der Waals surface area contributed by atoms with Crippen molar-refractivity contribution in [2.24, 2.45) is 46.4 Å². The van der Waals surface area contributed by atoms with Crippen LogP contribution in [0.1, 0.15) is 118 Å². The van der Waals surface area contributed by atoms with Gasteiger partial charge in [-0.15, -0.1) is 0 Å². The molecule has 56 heteroatoms. The van der Waals surface area contributed by atoms with Gasteiger partial charge in [-0.25, -0.2) is 4.79 Å². The summed E-state index contributed by atoms with van der Waals surface area (Å²) in [6.45, 7) is 7.45. The van der Waals surface area contributed by atoms with Crippen LogP contribution in [0.5, 0.6) is 5.75 Å². The van der Waals surface area contributed by atoms with Crippen LogP contribution in [0.3, 0.4) is 0 Å². The molecule has 1 rings (SSSR count). The number of carbonyl (C=O) groups is 18. The van der Waals surface area contributed by atoms with Crippen molar-refractivity contribution in [3.8, 4) is 5.75 Å². The number of amides is 17. The van der Waals surface area contributed by atoms with Crippen LogP contribution >= 0.6 is 75.8 Å². The quantitative estimate of drug-likeness (QED) is 0.0125.